The van der Waals surface area contributed by atoms with Crippen LogP contribution in [0.15, 0.2) is 60.3 Å². The van der Waals surface area contributed by atoms with Crippen molar-refractivity contribution in [2.24, 2.45) is 0 Å². The van der Waals surface area contributed by atoms with Crippen LogP contribution in [0, 0.1) is 0 Å². The van der Waals surface area contributed by atoms with Crippen molar-refractivity contribution in [1.29, 1.82) is 0 Å². The second kappa shape index (κ2) is 8.08. The summed E-state index contributed by atoms with van der Waals surface area (Å²) in [5, 5.41) is 3.14. The predicted molar refractivity (Wildman–Crippen MR) is 106 cm³/mol. The maximum atomic E-state index is 12.9. The first kappa shape index (κ1) is 18.7. The number of para-hydroxylation sites is 1. The van der Waals surface area contributed by atoms with Crippen molar-refractivity contribution < 1.29 is 14.3 Å². The second-order valence-corrected chi connectivity index (χ2v) is 6.69. The third-order valence-corrected chi connectivity index (χ3v) is 4.17. The van der Waals surface area contributed by atoms with Crippen LogP contribution in [0.5, 0.6) is 5.75 Å². The molecule has 1 aliphatic rings. The van der Waals surface area contributed by atoms with Crippen molar-refractivity contribution in [2.75, 3.05) is 11.9 Å². The van der Waals surface area contributed by atoms with Gasteiger partial charge in [-0.3, -0.25) is 14.5 Å². The molecule has 0 unspecified atom stereocenters. The van der Waals surface area contributed by atoms with Gasteiger partial charge in [0.05, 0.1) is 11.7 Å². The molecule has 0 radical (unpaired) electrons. The zero-order chi connectivity index (χ0) is 19.4. The molecule has 3 rings (SSSR count). The summed E-state index contributed by atoms with van der Waals surface area (Å²) in [6.45, 7) is 6.26. The molecule has 140 valence electrons. The highest BCUT2D eigenvalue weighted by atomic mass is 16.5. The molecule has 1 N–H and O–H groups in total. The summed E-state index contributed by atoms with van der Waals surface area (Å²) in [6, 6.07) is 16.7. The molecule has 5 heteroatoms. The molecule has 2 aromatic rings. The van der Waals surface area contributed by atoms with Crippen LogP contribution in [0.25, 0.3) is 5.57 Å². The number of hydrogen-bond donors (Lipinski definition) is 1. The lowest BCUT2D eigenvalue weighted by molar-refractivity contribution is -0.136. The number of rotatable bonds is 7. The summed E-state index contributed by atoms with van der Waals surface area (Å²) in [7, 11) is 0. The Balaban J connectivity index is 1.99. The van der Waals surface area contributed by atoms with Gasteiger partial charge in [0.15, 0.2) is 0 Å². The first-order valence-corrected chi connectivity index (χ1v) is 9.21. The number of ether oxygens (including phenoxy) is 1. The Bertz CT molecular complexity index is 855. The van der Waals surface area contributed by atoms with Crippen LogP contribution in [0.3, 0.4) is 0 Å². The van der Waals surface area contributed by atoms with E-state index in [1.807, 2.05) is 75.4 Å². The summed E-state index contributed by atoms with van der Waals surface area (Å²) < 4.78 is 5.67. The van der Waals surface area contributed by atoms with Gasteiger partial charge in [0, 0.05) is 12.2 Å². The largest absolute Gasteiger partial charge is 0.491 e. The Hall–Kier alpha value is -3.08. The monoisotopic (exact) mass is 364 g/mol. The van der Waals surface area contributed by atoms with E-state index in [2.05, 4.69) is 5.32 Å². The minimum Gasteiger partial charge on any atom is -0.491 e. The van der Waals surface area contributed by atoms with E-state index < -0.39 is 0 Å². The van der Waals surface area contributed by atoms with Crippen LogP contribution in [0.1, 0.15) is 32.8 Å². The fourth-order valence-electron chi connectivity index (χ4n) is 3.02. The van der Waals surface area contributed by atoms with E-state index in [-0.39, 0.29) is 17.9 Å². The summed E-state index contributed by atoms with van der Waals surface area (Å²) >= 11 is 0. The number of benzene rings is 2. The van der Waals surface area contributed by atoms with Gasteiger partial charge in [-0.2, -0.15) is 0 Å². The Morgan fingerprint density at radius 2 is 1.63 bits per heavy atom. The van der Waals surface area contributed by atoms with Crippen molar-refractivity contribution in [3.05, 3.63) is 65.9 Å². The first-order chi connectivity index (χ1) is 13.0. The highest BCUT2D eigenvalue weighted by molar-refractivity contribution is 6.36. The minimum absolute atomic E-state index is 0.0695. The van der Waals surface area contributed by atoms with Crippen molar-refractivity contribution in [3.63, 3.8) is 0 Å². The number of hydrogen-bond acceptors (Lipinski definition) is 4. The van der Waals surface area contributed by atoms with Crippen molar-refractivity contribution in [3.8, 4) is 5.75 Å². The number of carbonyl (C=O) groups is 2. The normalized spacial score (nSPS) is 14.3. The van der Waals surface area contributed by atoms with Gasteiger partial charge in [-0.1, -0.05) is 37.3 Å². The van der Waals surface area contributed by atoms with Crippen LogP contribution in [-0.2, 0) is 9.59 Å². The van der Waals surface area contributed by atoms with E-state index in [4.69, 9.17) is 4.74 Å². The van der Waals surface area contributed by atoms with Crippen molar-refractivity contribution in [2.45, 2.75) is 33.3 Å². The molecule has 0 bridgehead atoms. The fourth-order valence-corrected chi connectivity index (χ4v) is 3.02. The van der Waals surface area contributed by atoms with E-state index in [0.29, 0.717) is 29.8 Å². The molecule has 0 fully saturated rings. The van der Waals surface area contributed by atoms with Crippen LogP contribution in [0.4, 0.5) is 5.69 Å². The van der Waals surface area contributed by atoms with Crippen molar-refractivity contribution in [1.82, 2.24) is 4.90 Å². The molecular formula is C22H24N2O3. The zero-order valence-electron chi connectivity index (χ0n) is 15.9. The Morgan fingerprint density at radius 1 is 0.963 bits per heavy atom. The lowest BCUT2D eigenvalue weighted by atomic mass is 10.0. The first-order valence-electron chi connectivity index (χ1n) is 9.21. The van der Waals surface area contributed by atoms with Gasteiger partial charge < -0.3 is 10.1 Å². The average Bonchev–Trinajstić information content (AvgIpc) is 2.88. The second-order valence-electron chi connectivity index (χ2n) is 6.69. The molecule has 0 aliphatic carbocycles. The van der Waals surface area contributed by atoms with Gasteiger partial charge in [-0.15, -0.1) is 0 Å². The number of anilines is 1. The fraction of sp³-hybridized carbons (Fsp3) is 0.273. The van der Waals surface area contributed by atoms with Gasteiger partial charge in [0.1, 0.15) is 11.4 Å². The van der Waals surface area contributed by atoms with E-state index >= 15 is 0 Å². The molecule has 0 atom stereocenters. The lowest BCUT2D eigenvalue weighted by Gasteiger charge is -2.13. The average molecular weight is 364 g/mol. The van der Waals surface area contributed by atoms with Crippen LogP contribution in [-0.4, -0.2) is 29.4 Å². The van der Waals surface area contributed by atoms with E-state index in [1.165, 1.54) is 4.90 Å². The van der Waals surface area contributed by atoms with E-state index in [9.17, 15) is 9.59 Å². The molecule has 5 nitrogen and oxygen atoms in total. The molecule has 0 saturated carbocycles. The smallest absolute Gasteiger partial charge is 0.278 e. The summed E-state index contributed by atoms with van der Waals surface area (Å²) in [5.74, 6) is 0.176. The third-order valence-electron chi connectivity index (χ3n) is 4.17. The highest BCUT2D eigenvalue weighted by Crippen LogP contribution is 2.31. The van der Waals surface area contributed by atoms with Gasteiger partial charge in [0.25, 0.3) is 11.8 Å². The number of imide groups is 1. The van der Waals surface area contributed by atoms with Crippen LogP contribution < -0.4 is 10.1 Å². The molecule has 1 aliphatic heterocycles. The quantitative estimate of drug-likeness (QED) is 0.752. The topological polar surface area (TPSA) is 58.6 Å². The molecule has 2 amide bonds. The lowest BCUT2D eigenvalue weighted by Crippen LogP contribution is -2.33. The molecule has 0 aromatic heterocycles. The summed E-state index contributed by atoms with van der Waals surface area (Å²) in [4.78, 5) is 27.1. The Morgan fingerprint density at radius 3 is 2.22 bits per heavy atom. The SMILES string of the molecule is CCCN1C(=O)C(Nc2ccccc2)=C(c2ccc(OC(C)C)cc2)C1=O. The van der Waals surface area contributed by atoms with E-state index in [1.54, 1.807) is 0 Å². The maximum absolute atomic E-state index is 12.9. The minimum atomic E-state index is -0.289. The van der Waals surface area contributed by atoms with Crippen molar-refractivity contribution >= 4 is 23.1 Å². The van der Waals surface area contributed by atoms with Crippen LogP contribution in [0.2, 0.25) is 0 Å². The standard InChI is InChI=1S/C22H24N2O3/c1-4-14-24-21(25)19(16-10-12-18(13-11-16)27-15(2)3)20(22(24)26)23-17-8-6-5-7-9-17/h5-13,15,23H,4,14H2,1-3H3. The molecule has 0 saturated heterocycles. The Labute approximate surface area is 159 Å². The summed E-state index contributed by atoms with van der Waals surface area (Å²) in [6.07, 6.45) is 0.782. The zero-order valence-corrected chi connectivity index (χ0v) is 15.9. The summed E-state index contributed by atoms with van der Waals surface area (Å²) in [5.41, 5.74) is 2.18. The third kappa shape index (κ3) is 4.03. The number of nitrogens with zero attached hydrogens (tertiary/aromatic N) is 1. The van der Waals surface area contributed by atoms with Crippen LogP contribution >= 0.6 is 0 Å². The Kier molecular flexibility index (Phi) is 5.60. The molecule has 1 heterocycles. The van der Waals surface area contributed by atoms with Gasteiger partial charge in [0.2, 0.25) is 0 Å². The number of carbonyl (C=O) groups excluding carboxylic acids is 2. The number of amides is 2. The maximum Gasteiger partial charge on any atom is 0.278 e. The molecule has 27 heavy (non-hydrogen) atoms. The number of nitrogens with one attached hydrogen (secondary N) is 1. The predicted octanol–water partition coefficient (Wildman–Crippen LogP) is 4.08. The van der Waals surface area contributed by atoms with E-state index in [0.717, 1.165) is 11.4 Å². The highest BCUT2D eigenvalue weighted by Gasteiger charge is 2.38. The van der Waals surface area contributed by atoms with Gasteiger partial charge >= 0.3 is 0 Å². The molecule has 2 aromatic carbocycles. The van der Waals surface area contributed by atoms with Gasteiger partial charge in [-0.25, -0.2) is 0 Å². The molecular weight excluding hydrogens is 340 g/mol. The molecule has 0 spiro atoms. The van der Waals surface area contributed by atoms with Gasteiger partial charge in [-0.05, 0) is 50.1 Å².